The highest BCUT2D eigenvalue weighted by Crippen LogP contribution is 2.49. The van der Waals surface area contributed by atoms with Crippen molar-refractivity contribution in [2.75, 3.05) is 21.7 Å². The van der Waals surface area contributed by atoms with E-state index in [-0.39, 0.29) is 30.2 Å². The van der Waals surface area contributed by atoms with Crippen LogP contribution >= 0.6 is 0 Å². The van der Waals surface area contributed by atoms with Crippen molar-refractivity contribution >= 4 is 17.8 Å². The number of hydrogen-bond donors (Lipinski definition) is 0. The van der Waals surface area contributed by atoms with E-state index in [1.807, 2.05) is 146 Å². The highest BCUT2D eigenvalue weighted by atomic mass is 16.5. The number of nitrogens with zero attached hydrogens (tertiary/aromatic N) is 11. The van der Waals surface area contributed by atoms with Crippen LogP contribution in [0.3, 0.4) is 0 Å². The Morgan fingerprint density at radius 2 is 0.462 bits per heavy atom. The van der Waals surface area contributed by atoms with E-state index in [9.17, 15) is 26.0 Å². The van der Waals surface area contributed by atoms with Crippen LogP contribution in [0.25, 0.3) is 0 Å². The Bertz CT molecular complexity index is 1620. The summed E-state index contributed by atoms with van der Waals surface area (Å²) in [5.74, 6) is 1.47. The van der Waals surface area contributed by atoms with Gasteiger partial charge >= 0.3 is 0 Å². The third kappa shape index (κ3) is 9.66. The maximum Gasteiger partial charge on any atom is 0.232 e. The Morgan fingerprint density at radius 1 is 0.308 bits per heavy atom. The standard InChI is InChI=1S/C49H88N11O5/c1-40(2)22-32(23-41(3,4)56(40)61)53(21)37-50-38(54(33-24-42(5,6)57(62)43(7,8)25-33)34-26-44(9,10)58(63)45(11,12)27-34)52-39(51-37)55(35-28-46(13,14)59(64)47(15,16)29-35)36-30-48(17,18)60(65)49(19,20)31-36/h32-36H,22-31H2,1-21H3. The molecule has 0 aliphatic carbocycles. The van der Waals surface area contributed by atoms with E-state index >= 15 is 0 Å². The van der Waals surface area contributed by atoms with Gasteiger partial charge in [-0.3, -0.25) is 0 Å². The molecule has 6 heterocycles. The third-order valence-corrected chi connectivity index (χ3v) is 16.3. The van der Waals surface area contributed by atoms with Crippen LogP contribution in [0, 0.1) is 0 Å². The van der Waals surface area contributed by atoms with Crippen LogP contribution in [-0.4, -0.2) is 133 Å². The van der Waals surface area contributed by atoms with Gasteiger partial charge < -0.3 is 14.7 Å². The Labute approximate surface area is 393 Å². The second kappa shape index (κ2) is 16.3. The summed E-state index contributed by atoms with van der Waals surface area (Å²) in [7, 11) is 2.03. The van der Waals surface area contributed by atoms with Gasteiger partial charge in [0.25, 0.3) is 0 Å². The van der Waals surface area contributed by atoms with E-state index in [2.05, 4.69) is 14.7 Å². The van der Waals surface area contributed by atoms with E-state index in [1.54, 1.807) is 0 Å². The van der Waals surface area contributed by atoms with Gasteiger partial charge in [-0.2, -0.15) is 15.0 Å². The lowest BCUT2D eigenvalue weighted by molar-refractivity contribution is -0.294. The molecule has 1 aromatic heterocycles. The minimum atomic E-state index is -0.715. The van der Waals surface area contributed by atoms with Gasteiger partial charge in [-0.1, -0.05) is 0 Å². The predicted octanol–water partition coefficient (Wildman–Crippen LogP) is 8.76. The van der Waals surface area contributed by atoms with Crippen molar-refractivity contribution in [1.82, 2.24) is 40.3 Å². The summed E-state index contributed by atoms with van der Waals surface area (Å²) >= 11 is 0. The van der Waals surface area contributed by atoms with Crippen molar-refractivity contribution in [2.24, 2.45) is 0 Å². The zero-order valence-corrected chi connectivity index (χ0v) is 44.4. The zero-order chi connectivity index (χ0) is 49.4. The summed E-state index contributed by atoms with van der Waals surface area (Å²) in [5.41, 5.74) is -7.03. The smallest absolute Gasteiger partial charge is 0.232 e. The Hall–Kier alpha value is -1.99. The van der Waals surface area contributed by atoms with E-state index in [4.69, 9.17) is 15.0 Å². The molecule has 5 aliphatic heterocycles. The predicted molar refractivity (Wildman–Crippen MR) is 252 cm³/mol. The number of piperidine rings is 5. The van der Waals surface area contributed by atoms with Crippen molar-refractivity contribution < 1.29 is 26.0 Å². The summed E-state index contributed by atoms with van der Waals surface area (Å²) < 4.78 is 0. The van der Waals surface area contributed by atoms with Gasteiger partial charge in [0.1, 0.15) is 0 Å². The molecule has 1 aromatic rings. The van der Waals surface area contributed by atoms with Crippen molar-refractivity contribution in [1.29, 1.82) is 0 Å². The molecular formula is C49H88N11O5. The van der Waals surface area contributed by atoms with Crippen molar-refractivity contribution in [3.8, 4) is 0 Å². The molecule has 0 spiro atoms. The number of hydrogen-bond acceptors (Lipinski definition) is 11. The summed E-state index contributed by atoms with van der Waals surface area (Å²) in [6.45, 7) is 40.3. The van der Waals surface area contributed by atoms with Gasteiger partial charge in [0.2, 0.25) is 17.8 Å². The Kier molecular flexibility index (Phi) is 13.1. The van der Waals surface area contributed by atoms with E-state index < -0.39 is 55.4 Å². The average molecular weight is 911 g/mol. The van der Waals surface area contributed by atoms with Crippen LogP contribution in [0.4, 0.5) is 17.8 Å². The first-order valence-electron chi connectivity index (χ1n) is 24.5. The van der Waals surface area contributed by atoms with Gasteiger partial charge in [-0.05, 0) is 203 Å². The number of hydroxylamine groups is 10. The minimum absolute atomic E-state index is 0.0959. The SMILES string of the molecule is CN(c1nc(N(C2CC(C)(C)N([O])C(C)(C)C2)C2CC(C)(C)N([O])C(C)(C)C2)nc(N(C2CC(C)(C)N([O])C(C)(C)C2)C2CC(C)(C)N([O])C(C)(C)C2)n1)C1CC(C)(C)N([O])C(C)(C)C1. The van der Waals surface area contributed by atoms with E-state index in [0.717, 1.165) is 0 Å². The lowest BCUT2D eigenvalue weighted by atomic mass is 9.74. The van der Waals surface area contributed by atoms with Crippen LogP contribution in [0.2, 0.25) is 0 Å². The van der Waals surface area contributed by atoms with Gasteiger partial charge in [-0.25, -0.2) is 0 Å². The van der Waals surface area contributed by atoms with E-state index in [0.29, 0.717) is 82.1 Å². The first-order chi connectivity index (χ1) is 29.1. The quantitative estimate of drug-likeness (QED) is 0.245. The molecule has 5 saturated heterocycles. The van der Waals surface area contributed by atoms with Gasteiger partial charge in [0.15, 0.2) is 0 Å². The fourth-order valence-corrected chi connectivity index (χ4v) is 14.3. The molecule has 16 heteroatoms. The van der Waals surface area contributed by atoms with Crippen molar-refractivity contribution in [3.63, 3.8) is 0 Å². The second-order valence-corrected chi connectivity index (χ2v) is 27.6. The molecule has 0 aromatic carbocycles. The molecule has 0 atom stereocenters. The first kappa shape index (κ1) is 52.4. The van der Waals surface area contributed by atoms with Crippen molar-refractivity contribution in [2.45, 2.75) is 288 Å². The number of rotatable bonds is 8. The van der Waals surface area contributed by atoms with Crippen LogP contribution in [-0.2, 0) is 26.0 Å². The van der Waals surface area contributed by atoms with Crippen LogP contribution < -0.4 is 14.7 Å². The molecule has 0 amide bonds. The molecule has 0 saturated carbocycles. The largest absolute Gasteiger partial charge is 0.341 e. The maximum absolute atomic E-state index is 14.0. The highest BCUT2D eigenvalue weighted by Gasteiger charge is 2.56. The van der Waals surface area contributed by atoms with Gasteiger partial charge in [-0.15, -0.1) is 51.4 Å². The van der Waals surface area contributed by atoms with Crippen molar-refractivity contribution in [3.05, 3.63) is 0 Å². The molecule has 5 radical (unpaired) electrons. The molecule has 16 nitrogen and oxygen atoms in total. The van der Waals surface area contributed by atoms with Gasteiger partial charge in [0, 0.05) is 92.6 Å². The zero-order valence-electron chi connectivity index (χ0n) is 44.4. The van der Waals surface area contributed by atoms with Crippen LogP contribution in [0.5, 0.6) is 0 Å². The maximum atomic E-state index is 14.0. The summed E-state index contributed by atoms with van der Waals surface area (Å²) in [6.07, 6.45) is 5.56. The molecule has 0 bridgehead atoms. The third-order valence-electron chi connectivity index (χ3n) is 16.3. The molecule has 5 aliphatic rings. The molecule has 0 N–H and O–H groups in total. The average Bonchev–Trinajstić information content (AvgIpc) is 3.11. The topological polar surface area (TPSA) is 164 Å². The highest BCUT2D eigenvalue weighted by molar-refractivity contribution is 5.50. The Morgan fingerprint density at radius 3 is 0.646 bits per heavy atom. The van der Waals surface area contributed by atoms with Crippen LogP contribution in [0.15, 0.2) is 0 Å². The van der Waals surface area contributed by atoms with Gasteiger partial charge in [0.05, 0.1) is 0 Å². The molecule has 369 valence electrons. The van der Waals surface area contributed by atoms with Crippen LogP contribution in [0.1, 0.15) is 203 Å². The monoisotopic (exact) mass is 911 g/mol. The lowest BCUT2D eigenvalue weighted by Crippen LogP contribution is -2.68. The second-order valence-electron chi connectivity index (χ2n) is 27.6. The molecule has 65 heavy (non-hydrogen) atoms. The Balaban J connectivity index is 1.65. The fourth-order valence-electron chi connectivity index (χ4n) is 14.3. The molecule has 5 fully saturated rings. The molecule has 0 unspecified atom stereocenters. The molecular weight excluding hydrogens is 823 g/mol. The molecule has 6 rings (SSSR count). The van der Waals surface area contributed by atoms with E-state index in [1.165, 1.54) is 25.3 Å². The first-order valence-corrected chi connectivity index (χ1v) is 24.5. The summed E-state index contributed by atoms with van der Waals surface area (Å²) in [4.78, 5) is 23.6. The minimum Gasteiger partial charge on any atom is -0.341 e. The fraction of sp³-hybridized carbons (Fsp3) is 0.939. The number of aromatic nitrogens is 3. The normalized spacial score (nSPS) is 30.0. The summed E-state index contributed by atoms with van der Waals surface area (Å²) in [6, 6.07) is -0.794. The lowest BCUT2D eigenvalue weighted by Gasteiger charge is -2.58. The number of anilines is 3. The summed E-state index contributed by atoms with van der Waals surface area (Å²) in [5, 5.41) is 76.0.